The highest BCUT2D eigenvalue weighted by Gasteiger charge is 2.16. The van der Waals surface area contributed by atoms with Gasteiger partial charge in [0.2, 0.25) is 0 Å². The molecule has 1 atom stereocenters. The monoisotopic (exact) mass is 226 g/mol. The predicted molar refractivity (Wildman–Crippen MR) is 67.5 cm³/mol. The number of allylic oxidation sites excluding steroid dienone is 1. The summed E-state index contributed by atoms with van der Waals surface area (Å²) in [6.07, 6.45) is 9.06. The van der Waals surface area contributed by atoms with Gasteiger partial charge < -0.3 is 9.84 Å². The summed E-state index contributed by atoms with van der Waals surface area (Å²) in [5.74, 6) is 0. The van der Waals surface area contributed by atoms with Crippen LogP contribution in [-0.4, -0.2) is 23.4 Å². The SMILES string of the molecule is CC(C)(C)OCC(O)C1=CCCCCCC1. The zero-order valence-corrected chi connectivity index (χ0v) is 11.0. The zero-order chi connectivity index (χ0) is 12.0. The molecule has 94 valence electrons. The molecule has 1 unspecified atom stereocenters. The maximum atomic E-state index is 10.1. The molecule has 2 nitrogen and oxygen atoms in total. The van der Waals surface area contributed by atoms with Gasteiger partial charge in [0, 0.05) is 0 Å². The van der Waals surface area contributed by atoms with Crippen LogP contribution in [0.15, 0.2) is 11.6 Å². The van der Waals surface area contributed by atoms with Gasteiger partial charge in [-0.25, -0.2) is 0 Å². The number of aliphatic hydroxyl groups is 1. The molecule has 0 bridgehead atoms. The second kappa shape index (κ2) is 6.41. The van der Waals surface area contributed by atoms with Gasteiger partial charge in [-0.2, -0.15) is 0 Å². The van der Waals surface area contributed by atoms with Crippen molar-refractivity contribution in [2.75, 3.05) is 6.61 Å². The second-order valence-corrected chi connectivity index (χ2v) is 5.67. The van der Waals surface area contributed by atoms with Crippen LogP contribution in [0.3, 0.4) is 0 Å². The number of aliphatic hydroxyl groups excluding tert-OH is 1. The molecular weight excluding hydrogens is 200 g/mol. The van der Waals surface area contributed by atoms with Crippen molar-refractivity contribution in [3.63, 3.8) is 0 Å². The molecular formula is C14H26O2. The molecule has 0 aromatic rings. The van der Waals surface area contributed by atoms with E-state index in [0.29, 0.717) is 6.61 Å². The molecule has 0 saturated carbocycles. The smallest absolute Gasteiger partial charge is 0.0983 e. The fraction of sp³-hybridized carbons (Fsp3) is 0.857. The fourth-order valence-electron chi connectivity index (χ4n) is 1.96. The number of rotatable bonds is 3. The van der Waals surface area contributed by atoms with Gasteiger partial charge >= 0.3 is 0 Å². The molecule has 1 aliphatic rings. The Morgan fingerprint density at radius 1 is 1.25 bits per heavy atom. The third kappa shape index (κ3) is 5.66. The van der Waals surface area contributed by atoms with Crippen LogP contribution in [0.4, 0.5) is 0 Å². The van der Waals surface area contributed by atoms with Crippen molar-refractivity contribution in [2.24, 2.45) is 0 Å². The minimum Gasteiger partial charge on any atom is -0.386 e. The summed E-state index contributed by atoms with van der Waals surface area (Å²) in [6.45, 7) is 6.49. The van der Waals surface area contributed by atoms with Crippen LogP contribution in [0.2, 0.25) is 0 Å². The van der Waals surface area contributed by atoms with Gasteiger partial charge in [0.25, 0.3) is 0 Å². The molecule has 0 aliphatic heterocycles. The van der Waals surface area contributed by atoms with Crippen LogP contribution >= 0.6 is 0 Å². The lowest BCUT2D eigenvalue weighted by Gasteiger charge is -2.24. The van der Waals surface area contributed by atoms with E-state index >= 15 is 0 Å². The van der Waals surface area contributed by atoms with Crippen molar-refractivity contribution in [3.05, 3.63) is 11.6 Å². The average molecular weight is 226 g/mol. The first-order valence-electron chi connectivity index (χ1n) is 6.50. The summed E-state index contributed by atoms with van der Waals surface area (Å²) >= 11 is 0. The Hall–Kier alpha value is -0.340. The Balaban J connectivity index is 2.41. The lowest BCUT2D eigenvalue weighted by molar-refractivity contribution is -0.0401. The highest BCUT2D eigenvalue weighted by molar-refractivity contribution is 5.08. The third-order valence-corrected chi connectivity index (χ3v) is 2.93. The van der Waals surface area contributed by atoms with E-state index in [0.717, 1.165) is 12.8 Å². The zero-order valence-electron chi connectivity index (χ0n) is 11.0. The number of ether oxygens (including phenoxy) is 1. The molecule has 0 aromatic heterocycles. The minimum atomic E-state index is -0.405. The lowest BCUT2D eigenvalue weighted by atomic mass is 9.96. The number of hydrogen-bond acceptors (Lipinski definition) is 2. The average Bonchev–Trinajstić information content (AvgIpc) is 2.12. The van der Waals surface area contributed by atoms with E-state index in [2.05, 4.69) is 6.08 Å². The molecule has 16 heavy (non-hydrogen) atoms. The molecule has 1 N–H and O–H groups in total. The number of hydrogen-bond donors (Lipinski definition) is 1. The second-order valence-electron chi connectivity index (χ2n) is 5.67. The van der Waals surface area contributed by atoms with E-state index in [1.165, 1.54) is 31.3 Å². The van der Waals surface area contributed by atoms with Crippen molar-refractivity contribution < 1.29 is 9.84 Å². The van der Waals surface area contributed by atoms with Crippen LogP contribution in [0.5, 0.6) is 0 Å². The highest BCUT2D eigenvalue weighted by atomic mass is 16.5. The van der Waals surface area contributed by atoms with Gasteiger partial charge in [0.05, 0.1) is 18.3 Å². The first-order valence-corrected chi connectivity index (χ1v) is 6.50. The molecule has 1 aliphatic carbocycles. The van der Waals surface area contributed by atoms with Crippen molar-refractivity contribution >= 4 is 0 Å². The molecule has 0 amide bonds. The van der Waals surface area contributed by atoms with Gasteiger partial charge in [0.1, 0.15) is 0 Å². The Morgan fingerprint density at radius 3 is 2.62 bits per heavy atom. The maximum Gasteiger partial charge on any atom is 0.0983 e. The standard InChI is InChI=1S/C14H26O2/c1-14(2,3)16-11-13(15)12-9-7-5-4-6-8-10-12/h9,13,15H,4-8,10-11H2,1-3H3. The highest BCUT2D eigenvalue weighted by Crippen LogP contribution is 2.20. The van der Waals surface area contributed by atoms with Crippen LogP contribution in [0.1, 0.15) is 59.3 Å². The molecule has 0 fully saturated rings. The molecule has 0 spiro atoms. The van der Waals surface area contributed by atoms with E-state index in [1.807, 2.05) is 20.8 Å². The van der Waals surface area contributed by atoms with Gasteiger partial charge in [-0.05, 0) is 52.0 Å². The largest absolute Gasteiger partial charge is 0.386 e. The van der Waals surface area contributed by atoms with Crippen molar-refractivity contribution in [1.29, 1.82) is 0 Å². The van der Waals surface area contributed by atoms with Crippen LogP contribution < -0.4 is 0 Å². The molecule has 0 radical (unpaired) electrons. The van der Waals surface area contributed by atoms with Crippen LogP contribution in [0, 0.1) is 0 Å². The topological polar surface area (TPSA) is 29.5 Å². The van der Waals surface area contributed by atoms with Gasteiger partial charge in [-0.3, -0.25) is 0 Å². The summed E-state index contributed by atoms with van der Waals surface area (Å²) in [5.41, 5.74) is 1.02. The minimum absolute atomic E-state index is 0.164. The molecule has 0 aromatic carbocycles. The molecule has 0 saturated heterocycles. The van der Waals surface area contributed by atoms with Gasteiger partial charge in [0.15, 0.2) is 0 Å². The molecule has 2 heteroatoms. The van der Waals surface area contributed by atoms with E-state index in [-0.39, 0.29) is 5.60 Å². The van der Waals surface area contributed by atoms with E-state index in [9.17, 15) is 5.11 Å². The quantitative estimate of drug-likeness (QED) is 0.747. The van der Waals surface area contributed by atoms with Crippen molar-refractivity contribution in [1.82, 2.24) is 0 Å². The van der Waals surface area contributed by atoms with Crippen LogP contribution in [-0.2, 0) is 4.74 Å². The summed E-state index contributed by atoms with van der Waals surface area (Å²) in [6, 6.07) is 0. The fourth-order valence-corrected chi connectivity index (χ4v) is 1.96. The summed E-state index contributed by atoms with van der Waals surface area (Å²) in [7, 11) is 0. The first-order chi connectivity index (χ1) is 7.49. The Kier molecular flexibility index (Phi) is 5.50. The Bertz CT molecular complexity index is 225. The van der Waals surface area contributed by atoms with Gasteiger partial charge in [-0.15, -0.1) is 0 Å². The summed E-state index contributed by atoms with van der Waals surface area (Å²) in [4.78, 5) is 0. The Labute approximate surface area is 99.7 Å². The van der Waals surface area contributed by atoms with Crippen molar-refractivity contribution in [2.45, 2.75) is 71.0 Å². The normalized spacial score (nSPS) is 20.9. The Morgan fingerprint density at radius 2 is 1.94 bits per heavy atom. The van der Waals surface area contributed by atoms with E-state index in [1.54, 1.807) is 0 Å². The van der Waals surface area contributed by atoms with Crippen molar-refractivity contribution in [3.8, 4) is 0 Å². The van der Waals surface area contributed by atoms with E-state index < -0.39 is 6.10 Å². The maximum absolute atomic E-state index is 10.1. The lowest BCUT2D eigenvalue weighted by Crippen LogP contribution is -2.27. The first kappa shape index (κ1) is 13.7. The van der Waals surface area contributed by atoms with Crippen LogP contribution in [0.25, 0.3) is 0 Å². The molecule has 0 heterocycles. The third-order valence-electron chi connectivity index (χ3n) is 2.93. The predicted octanol–water partition coefficient (Wildman–Crippen LogP) is 3.44. The summed E-state index contributed by atoms with van der Waals surface area (Å²) < 4.78 is 5.63. The summed E-state index contributed by atoms with van der Waals surface area (Å²) in [5, 5.41) is 10.1. The van der Waals surface area contributed by atoms with E-state index in [4.69, 9.17) is 4.74 Å². The van der Waals surface area contributed by atoms with Gasteiger partial charge in [-0.1, -0.05) is 18.9 Å². The molecule has 1 rings (SSSR count).